The number of amides is 3. The SMILES string of the molecule is CCOc1ccc(N2CC=C[C@@]3(C)S[C@]45C=CCN(c6ccc(OC)cc6)C(=O)C4N([C@@H](CO)Cc4ccccc4)C(=O)[C@@H]5[C@H]3C2=O)cc1. The molecule has 4 heterocycles. The van der Waals surface area contributed by atoms with Crippen molar-refractivity contribution in [3.63, 3.8) is 0 Å². The third kappa shape index (κ3) is 5.51. The molecule has 1 unspecified atom stereocenters. The minimum atomic E-state index is -1.05. The van der Waals surface area contributed by atoms with E-state index >= 15 is 9.59 Å². The molecule has 0 saturated carbocycles. The molecule has 9 nitrogen and oxygen atoms in total. The number of fused-ring (bicyclic) bond motifs is 2. The monoisotopic (exact) mass is 679 g/mol. The van der Waals surface area contributed by atoms with Crippen LogP contribution in [0.3, 0.4) is 0 Å². The molecule has 6 atom stereocenters. The highest BCUT2D eigenvalue weighted by atomic mass is 32.2. The molecule has 49 heavy (non-hydrogen) atoms. The van der Waals surface area contributed by atoms with Gasteiger partial charge in [0.1, 0.15) is 17.5 Å². The third-order valence-corrected chi connectivity index (χ3v) is 12.1. The van der Waals surface area contributed by atoms with E-state index in [9.17, 15) is 9.90 Å². The molecular weight excluding hydrogens is 639 g/mol. The lowest BCUT2D eigenvalue weighted by atomic mass is 9.74. The number of aliphatic hydroxyl groups is 1. The summed E-state index contributed by atoms with van der Waals surface area (Å²) in [5.74, 6) is -0.916. The normalized spacial score (nSPS) is 28.1. The molecule has 254 valence electrons. The Morgan fingerprint density at radius 2 is 1.43 bits per heavy atom. The minimum Gasteiger partial charge on any atom is -0.497 e. The summed E-state index contributed by atoms with van der Waals surface area (Å²) in [4.78, 5) is 50.0. The number of hydrogen-bond donors (Lipinski definition) is 1. The number of methoxy groups -OCH3 is 1. The van der Waals surface area contributed by atoms with Gasteiger partial charge in [-0.25, -0.2) is 0 Å². The Morgan fingerprint density at radius 1 is 0.816 bits per heavy atom. The van der Waals surface area contributed by atoms with E-state index in [-0.39, 0.29) is 24.3 Å². The summed E-state index contributed by atoms with van der Waals surface area (Å²) in [7, 11) is 1.59. The van der Waals surface area contributed by atoms with E-state index in [0.29, 0.717) is 49.0 Å². The van der Waals surface area contributed by atoms with E-state index in [2.05, 4.69) is 6.08 Å². The van der Waals surface area contributed by atoms with E-state index in [4.69, 9.17) is 9.47 Å². The first kappa shape index (κ1) is 33.0. The van der Waals surface area contributed by atoms with Gasteiger partial charge in [0.2, 0.25) is 11.8 Å². The van der Waals surface area contributed by atoms with Gasteiger partial charge in [0.25, 0.3) is 5.91 Å². The number of benzene rings is 3. The quantitative estimate of drug-likeness (QED) is 0.322. The Balaban J connectivity index is 1.33. The number of carbonyl (C=O) groups excluding carboxylic acids is 3. The molecule has 1 N–H and O–H groups in total. The Morgan fingerprint density at radius 3 is 2.04 bits per heavy atom. The number of ether oxygens (including phenoxy) is 2. The molecule has 3 aromatic rings. The molecule has 2 fully saturated rings. The molecule has 0 bridgehead atoms. The van der Waals surface area contributed by atoms with Gasteiger partial charge in [0.05, 0.1) is 42.9 Å². The standard InChI is InChI=1S/C39H41N3O6S/c1-4-48-31-18-14-27(15-19-31)40-22-8-20-38(2)32(35(40)44)33-36(45)42(29(25-43)24-26-10-6-5-7-11-26)34-37(46)41(23-9-21-39(33,34)49-38)28-12-16-30(47-3)17-13-28/h5-21,29,32-34,43H,4,22-25H2,1-3H3/t29-,32+,33+,34?,38-,39+/m1/s1. The second-order valence-electron chi connectivity index (χ2n) is 13.1. The van der Waals surface area contributed by atoms with Gasteiger partial charge >= 0.3 is 0 Å². The summed E-state index contributed by atoms with van der Waals surface area (Å²) >= 11 is 1.53. The molecular formula is C39H41N3O6S. The smallest absolute Gasteiger partial charge is 0.251 e. The van der Waals surface area contributed by atoms with Crippen LogP contribution in [-0.4, -0.2) is 82.7 Å². The zero-order valence-electron chi connectivity index (χ0n) is 27.9. The summed E-state index contributed by atoms with van der Waals surface area (Å²) in [6.45, 7) is 4.78. The molecule has 4 aliphatic heterocycles. The fourth-order valence-electron chi connectivity index (χ4n) is 8.11. The van der Waals surface area contributed by atoms with Crippen molar-refractivity contribution in [3.05, 3.63) is 109 Å². The maximum atomic E-state index is 15.1. The predicted molar refractivity (Wildman–Crippen MR) is 191 cm³/mol. The van der Waals surface area contributed by atoms with Gasteiger partial charge in [-0.15, -0.1) is 11.8 Å². The summed E-state index contributed by atoms with van der Waals surface area (Å²) in [5.41, 5.74) is 2.33. The van der Waals surface area contributed by atoms with Gasteiger partial charge in [0, 0.05) is 29.2 Å². The topological polar surface area (TPSA) is 99.6 Å². The van der Waals surface area contributed by atoms with E-state index in [1.807, 2.05) is 111 Å². The number of rotatable bonds is 9. The number of anilines is 2. The van der Waals surface area contributed by atoms with Crippen LogP contribution in [0.15, 0.2) is 103 Å². The zero-order valence-corrected chi connectivity index (χ0v) is 28.7. The number of likely N-dealkylation sites (tertiary alicyclic amines) is 1. The summed E-state index contributed by atoms with van der Waals surface area (Å²) in [6.07, 6.45) is 8.37. The van der Waals surface area contributed by atoms with Crippen LogP contribution in [0.5, 0.6) is 11.5 Å². The van der Waals surface area contributed by atoms with E-state index in [1.165, 1.54) is 11.8 Å². The van der Waals surface area contributed by atoms with Gasteiger partial charge < -0.3 is 29.3 Å². The van der Waals surface area contributed by atoms with Crippen molar-refractivity contribution in [2.24, 2.45) is 11.8 Å². The molecule has 0 radical (unpaired) electrons. The van der Waals surface area contributed by atoms with Crippen LogP contribution in [0.25, 0.3) is 0 Å². The van der Waals surface area contributed by atoms with E-state index in [1.54, 1.807) is 21.8 Å². The van der Waals surface area contributed by atoms with Crippen molar-refractivity contribution in [1.29, 1.82) is 0 Å². The first-order chi connectivity index (χ1) is 23.7. The second kappa shape index (κ2) is 13.1. The van der Waals surface area contributed by atoms with Crippen molar-refractivity contribution in [3.8, 4) is 11.5 Å². The van der Waals surface area contributed by atoms with Crippen molar-refractivity contribution in [2.75, 3.05) is 43.2 Å². The fraction of sp³-hybridized carbons (Fsp3) is 0.359. The van der Waals surface area contributed by atoms with Crippen molar-refractivity contribution in [1.82, 2.24) is 4.90 Å². The van der Waals surface area contributed by atoms with Crippen LogP contribution in [0.1, 0.15) is 19.4 Å². The average Bonchev–Trinajstić information content (AvgIpc) is 3.39. The molecule has 7 rings (SSSR count). The van der Waals surface area contributed by atoms with Gasteiger partial charge in [0.15, 0.2) is 0 Å². The first-order valence-electron chi connectivity index (χ1n) is 16.8. The molecule has 3 aromatic carbocycles. The Hall–Kier alpha value is -4.54. The summed E-state index contributed by atoms with van der Waals surface area (Å²) < 4.78 is 9.17. The van der Waals surface area contributed by atoms with Crippen molar-refractivity contribution >= 4 is 40.9 Å². The lowest BCUT2D eigenvalue weighted by Gasteiger charge is -2.39. The van der Waals surface area contributed by atoms with E-state index < -0.39 is 33.4 Å². The highest BCUT2D eigenvalue weighted by molar-refractivity contribution is 8.02. The summed E-state index contributed by atoms with van der Waals surface area (Å²) in [6, 6.07) is 22.8. The largest absolute Gasteiger partial charge is 0.497 e. The van der Waals surface area contributed by atoms with Gasteiger partial charge in [-0.2, -0.15) is 0 Å². The van der Waals surface area contributed by atoms with Crippen LogP contribution >= 0.6 is 11.8 Å². The Labute approximate surface area is 291 Å². The van der Waals surface area contributed by atoms with Crippen LogP contribution < -0.4 is 19.3 Å². The highest BCUT2D eigenvalue weighted by Crippen LogP contribution is 2.66. The highest BCUT2D eigenvalue weighted by Gasteiger charge is 2.74. The number of carbonyl (C=O) groups is 3. The molecule has 3 amide bonds. The second-order valence-corrected chi connectivity index (χ2v) is 14.9. The number of nitrogens with zero attached hydrogens (tertiary/aromatic N) is 3. The maximum absolute atomic E-state index is 15.1. The lowest BCUT2D eigenvalue weighted by molar-refractivity contribution is -0.142. The first-order valence-corrected chi connectivity index (χ1v) is 17.6. The fourth-order valence-corrected chi connectivity index (χ4v) is 10.3. The molecule has 10 heteroatoms. The Bertz CT molecular complexity index is 1780. The predicted octanol–water partition coefficient (Wildman–Crippen LogP) is 4.89. The molecule has 0 aliphatic carbocycles. The zero-order chi connectivity index (χ0) is 34.3. The van der Waals surface area contributed by atoms with Crippen molar-refractivity contribution in [2.45, 2.75) is 41.8 Å². The van der Waals surface area contributed by atoms with Crippen LogP contribution in [0.4, 0.5) is 11.4 Å². The van der Waals surface area contributed by atoms with E-state index in [0.717, 1.165) is 5.56 Å². The van der Waals surface area contributed by atoms with Crippen LogP contribution in [0.2, 0.25) is 0 Å². The lowest BCUT2D eigenvalue weighted by Crippen LogP contribution is -2.57. The number of hydrogen-bond acceptors (Lipinski definition) is 7. The van der Waals surface area contributed by atoms with Gasteiger partial charge in [-0.3, -0.25) is 14.4 Å². The maximum Gasteiger partial charge on any atom is 0.251 e. The number of thioether (sulfide) groups is 1. The van der Waals surface area contributed by atoms with Gasteiger partial charge in [-0.05, 0) is 74.4 Å². The van der Waals surface area contributed by atoms with Gasteiger partial charge in [-0.1, -0.05) is 54.6 Å². The Kier molecular flexibility index (Phi) is 8.79. The third-order valence-electron chi connectivity index (χ3n) is 10.3. The minimum absolute atomic E-state index is 0.166. The molecule has 4 aliphatic rings. The number of aliphatic hydroxyl groups excluding tert-OH is 1. The molecule has 0 aromatic heterocycles. The summed E-state index contributed by atoms with van der Waals surface area (Å²) in [5, 5.41) is 10.9. The van der Waals surface area contributed by atoms with Crippen LogP contribution in [-0.2, 0) is 20.8 Å². The average molecular weight is 680 g/mol. The van der Waals surface area contributed by atoms with Crippen LogP contribution in [0, 0.1) is 11.8 Å². The molecule has 1 spiro atoms. The molecule has 2 saturated heterocycles. The van der Waals surface area contributed by atoms with Crippen molar-refractivity contribution < 1.29 is 29.0 Å².